The molecule has 1 atom stereocenters. The van der Waals surface area contributed by atoms with Crippen LogP contribution in [0.1, 0.15) is 12.5 Å². The molecule has 4 nitrogen and oxygen atoms in total. The lowest BCUT2D eigenvalue weighted by atomic mass is 10.0. The highest BCUT2D eigenvalue weighted by Crippen LogP contribution is 2.34. The second-order valence-corrected chi connectivity index (χ2v) is 6.79. The van der Waals surface area contributed by atoms with Crippen molar-refractivity contribution in [2.45, 2.75) is 13.0 Å². The summed E-state index contributed by atoms with van der Waals surface area (Å²) in [5.74, 6) is -1.72. The minimum absolute atomic E-state index is 0.234. The lowest BCUT2D eigenvalue weighted by Crippen LogP contribution is -2.48. The maximum atomic E-state index is 12.5. The van der Waals surface area contributed by atoms with Crippen molar-refractivity contribution in [2.75, 3.05) is 0 Å². The first-order valence-electron chi connectivity index (χ1n) is 6.94. The summed E-state index contributed by atoms with van der Waals surface area (Å²) in [6.07, 6.45) is 1.75. The van der Waals surface area contributed by atoms with Crippen molar-refractivity contribution in [3.63, 3.8) is 0 Å². The number of carbonyl (C=O) groups is 2. The molecular formula is C17H12NO3S2-. The van der Waals surface area contributed by atoms with E-state index in [0.29, 0.717) is 4.91 Å². The van der Waals surface area contributed by atoms with Crippen molar-refractivity contribution in [1.29, 1.82) is 0 Å². The number of thiocarbonyl (C=S) groups is 1. The van der Waals surface area contributed by atoms with Gasteiger partial charge in [0.15, 0.2) is 0 Å². The van der Waals surface area contributed by atoms with Crippen LogP contribution < -0.4 is 5.11 Å². The van der Waals surface area contributed by atoms with Gasteiger partial charge in [0.25, 0.3) is 5.91 Å². The lowest BCUT2D eigenvalue weighted by molar-refractivity contribution is -0.309. The fraction of sp³-hybridized carbons (Fsp3) is 0.118. The van der Waals surface area contributed by atoms with Gasteiger partial charge in [0.05, 0.1) is 16.9 Å². The molecular weight excluding hydrogens is 330 g/mol. The van der Waals surface area contributed by atoms with Gasteiger partial charge < -0.3 is 9.90 Å². The molecule has 0 N–H and O–H groups in total. The molecule has 1 heterocycles. The molecule has 1 fully saturated rings. The van der Waals surface area contributed by atoms with Crippen LogP contribution in [0, 0.1) is 0 Å². The standard InChI is InChI=1S/C17H13NO3S2/c1-10(16(20)21)18-15(19)14(23-17(18)22)9-12-7-4-6-11-5-2-3-8-13(11)12/h2-10H,1H3,(H,20,21)/p-1/b14-9+/t10-/m0/s1. The van der Waals surface area contributed by atoms with Crippen LogP contribution >= 0.6 is 24.0 Å². The summed E-state index contributed by atoms with van der Waals surface area (Å²) in [5, 5.41) is 13.1. The van der Waals surface area contributed by atoms with Gasteiger partial charge in [-0.2, -0.15) is 0 Å². The van der Waals surface area contributed by atoms with Gasteiger partial charge in [0, 0.05) is 0 Å². The van der Waals surface area contributed by atoms with Gasteiger partial charge in [0.1, 0.15) is 4.32 Å². The predicted molar refractivity (Wildman–Crippen MR) is 93.4 cm³/mol. The summed E-state index contributed by atoms with van der Waals surface area (Å²) >= 11 is 6.25. The van der Waals surface area contributed by atoms with Crippen molar-refractivity contribution in [1.82, 2.24) is 4.90 Å². The van der Waals surface area contributed by atoms with E-state index in [9.17, 15) is 14.7 Å². The van der Waals surface area contributed by atoms with Gasteiger partial charge in [-0.05, 0) is 29.3 Å². The summed E-state index contributed by atoms with van der Waals surface area (Å²) in [5.41, 5.74) is 0.893. The Morgan fingerprint density at radius 1 is 1.26 bits per heavy atom. The number of aliphatic carboxylic acids is 1. The minimum Gasteiger partial charge on any atom is -0.548 e. The van der Waals surface area contributed by atoms with E-state index in [1.54, 1.807) is 6.08 Å². The highest BCUT2D eigenvalue weighted by atomic mass is 32.2. The van der Waals surface area contributed by atoms with Crippen LogP contribution in [0.15, 0.2) is 47.4 Å². The van der Waals surface area contributed by atoms with Crippen LogP contribution in [0.3, 0.4) is 0 Å². The zero-order chi connectivity index (χ0) is 16.6. The zero-order valence-corrected chi connectivity index (χ0v) is 13.8. The van der Waals surface area contributed by atoms with Crippen LogP contribution in [-0.4, -0.2) is 27.1 Å². The van der Waals surface area contributed by atoms with E-state index in [0.717, 1.165) is 33.0 Å². The highest BCUT2D eigenvalue weighted by Gasteiger charge is 2.35. The SMILES string of the molecule is C[C@@H](C(=O)[O-])N1C(=O)/C(=C\c2cccc3ccccc23)SC1=S. The average molecular weight is 342 g/mol. The van der Waals surface area contributed by atoms with Crippen molar-refractivity contribution in [3.8, 4) is 0 Å². The summed E-state index contributed by atoms with van der Waals surface area (Å²) in [4.78, 5) is 25.0. The molecule has 23 heavy (non-hydrogen) atoms. The number of hydrogen-bond donors (Lipinski definition) is 0. The molecule has 116 valence electrons. The van der Waals surface area contributed by atoms with Gasteiger partial charge in [-0.15, -0.1) is 0 Å². The number of carboxylic acid groups (broad SMARTS) is 1. The van der Waals surface area contributed by atoms with Crippen LogP contribution in [0.2, 0.25) is 0 Å². The molecule has 0 spiro atoms. The molecule has 6 heteroatoms. The molecule has 1 amide bonds. The summed E-state index contributed by atoms with van der Waals surface area (Å²) in [6, 6.07) is 12.6. The van der Waals surface area contributed by atoms with Crippen LogP contribution in [0.5, 0.6) is 0 Å². The molecule has 0 aromatic heterocycles. The third kappa shape index (κ3) is 2.87. The second kappa shape index (κ2) is 6.14. The quantitative estimate of drug-likeness (QED) is 0.632. The molecule has 2 aromatic rings. The van der Waals surface area contributed by atoms with E-state index in [-0.39, 0.29) is 4.32 Å². The van der Waals surface area contributed by atoms with E-state index in [1.165, 1.54) is 6.92 Å². The fourth-order valence-corrected chi connectivity index (χ4v) is 3.85. The third-order valence-electron chi connectivity index (χ3n) is 3.66. The van der Waals surface area contributed by atoms with Crippen LogP contribution in [0.25, 0.3) is 16.8 Å². The van der Waals surface area contributed by atoms with Gasteiger partial charge in [-0.1, -0.05) is 66.4 Å². The average Bonchev–Trinajstić information content (AvgIpc) is 2.81. The Balaban J connectivity index is 2.02. The van der Waals surface area contributed by atoms with Crippen molar-refractivity contribution < 1.29 is 14.7 Å². The second-order valence-electron chi connectivity index (χ2n) is 5.12. The number of fused-ring (bicyclic) bond motifs is 1. The van der Waals surface area contributed by atoms with Crippen LogP contribution in [-0.2, 0) is 9.59 Å². The van der Waals surface area contributed by atoms with Gasteiger partial charge >= 0.3 is 0 Å². The molecule has 3 rings (SSSR count). The van der Waals surface area contributed by atoms with E-state index < -0.39 is 17.9 Å². The number of benzene rings is 2. The Hall–Kier alpha value is -2.18. The van der Waals surface area contributed by atoms with Crippen molar-refractivity contribution in [3.05, 3.63) is 52.9 Å². The monoisotopic (exact) mass is 342 g/mol. The predicted octanol–water partition coefficient (Wildman–Crippen LogP) is 2.18. The number of hydrogen-bond acceptors (Lipinski definition) is 5. The molecule has 1 aliphatic rings. The third-order valence-corrected chi connectivity index (χ3v) is 4.99. The van der Waals surface area contributed by atoms with E-state index in [1.807, 2.05) is 42.5 Å². The first-order chi connectivity index (χ1) is 11.0. The lowest BCUT2D eigenvalue weighted by Gasteiger charge is -2.23. The number of rotatable bonds is 3. The first-order valence-corrected chi connectivity index (χ1v) is 8.17. The summed E-state index contributed by atoms with van der Waals surface area (Å²) in [6.45, 7) is 1.39. The minimum atomic E-state index is -1.33. The number of carbonyl (C=O) groups excluding carboxylic acids is 2. The number of carboxylic acids is 1. The topological polar surface area (TPSA) is 60.4 Å². The number of nitrogens with zero attached hydrogens (tertiary/aromatic N) is 1. The van der Waals surface area contributed by atoms with Gasteiger partial charge in [0.2, 0.25) is 0 Å². The van der Waals surface area contributed by atoms with E-state index in [4.69, 9.17) is 12.2 Å². The Morgan fingerprint density at radius 2 is 1.96 bits per heavy atom. The molecule has 0 saturated carbocycles. The highest BCUT2D eigenvalue weighted by molar-refractivity contribution is 8.26. The molecule has 1 aliphatic heterocycles. The zero-order valence-electron chi connectivity index (χ0n) is 12.2. The molecule has 0 radical (unpaired) electrons. The first kappa shape index (κ1) is 15.7. The Labute approximate surface area is 142 Å². The Kier molecular flexibility index (Phi) is 4.19. The van der Waals surface area contributed by atoms with Gasteiger partial charge in [-0.25, -0.2) is 0 Å². The van der Waals surface area contributed by atoms with Crippen molar-refractivity contribution >= 4 is 57.0 Å². The molecule has 0 unspecified atom stereocenters. The smallest absolute Gasteiger partial charge is 0.266 e. The summed E-state index contributed by atoms with van der Waals surface area (Å²) < 4.78 is 0.234. The largest absolute Gasteiger partial charge is 0.548 e. The normalized spacial score (nSPS) is 18.0. The maximum Gasteiger partial charge on any atom is 0.266 e. The number of thioether (sulfide) groups is 1. The fourth-order valence-electron chi connectivity index (χ4n) is 2.44. The molecule has 0 bridgehead atoms. The molecule has 1 saturated heterocycles. The Morgan fingerprint density at radius 3 is 2.70 bits per heavy atom. The molecule has 0 aliphatic carbocycles. The molecule has 2 aromatic carbocycles. The maximum absolute atomic E-state index is 12.5. The summed E-state index contributed by atoms with van der Waals surface area (Å²) in [7, 11) is 0. The van der Waals surface area contributed by atoms with E-state index >= 15 is 0 Å². The number of amides is 1. The Bertz CT molecular complexity index is 855. The van der Waals surface area contributed by atoms with Gasteiger partial charge in [-0.3, -0.25) is 9.69 Å². The van der Waals surface area contributed by atoms with Crippen LogP contribution in [0.4, 0.5) is 0 Å². The van der Waals surface area contributed by atoms with E-state index in [2.05, 4.69) is 0 Å². The van der Waals surface area contributed by atoms with Crippen molar-refractivity contribution in [2.24, 2.45) is 0 Å².